The molecule has 1 heterocycles. The Hall–Kier alpha value is -3.58. The molecule has 1 aliphatic rings. The standard InChI is InChI=1S/C24H19ClFNO5/c1-31-17-9-10-20-18(12-17)21(24(29)30)27(13-15-7-8-16(25)11-19(15)26)23(28)22(32-20)14-5-3-2-4-6-14/h2-12,21-22H,13H2,1H3,(H,29,30). The number of carboxylic acid groups (broad SMARTS) is 1. The molecule has 8 heteroatoms. The molecule has 164 valence electrons. The molecular formula is C24H19ClFNO5. The summed E-state index contributed by atoms with van der Waals surface area (Å²) in [6, 6.07) is 16.1. The van der Waals surface area contributed by atoms with E-state index >= 15 is 0 Å². The highest BCUT2D eigenvalue weighted by Gasteiger charge is 2.42. The van der Waals surface area contributed by atoms with Crippen LogP contribution in [-0.2, 0) is 16.1 Å². The van der Waals surface area contributed by atoms with Crippen molar-refractivity contribution in [1.82, 2.24) is 4.90 Å². The minimum atomic E-state index is -1.42. The van der Waals surface area contributed by atoms with Crippen molar-refractivity contribution >= 4 is 23.5 Å². The third-order valence-electron chi connectivity index (χ3n) is 5.27. The van der Waals surface area contributed by atoms with Gasteiger partial charge in [-0.1, -0.05) is 48.0 Å². The predicted octanol–water partition coefficient (Wildman–Crippen LogP) is 4.78. The van der Waals surface area contributed by atoms with Crippen LogP contribution in [-0.4, -0.2) is 29.0 Å². The number of carbonyl (C=O) groups is 2. The molecule has 2 atom stereocenters. The average molecular weight is 456 g/mol. The Labute approximate surface area is 188 Å². The number of fused-ring (bicyclic) bond motifs is 1. The molecule has 1 N–H and O–H groups in total. The summed E-state index contributed by atoms with van der Waals surface area (Å²) in [5.74, 6) is -1.88. The van der Waals surface area contributed by atoms with Gasteiger partial charge in [0.1, 0.15) is 17.3 Å². The van der Waals surface area contributed by atoms with Gasteiger partial charge in [0, 0.05) is 28.3 Å². The first-order valence-corrected chi connectivity index (χ1v) is 10.1. The van der Waals surface area contributed by atoms with Gasteiger partial charge in [-0.05, 0) is 30.3 Å². The number of amides is 1. The van der Waals surface area contributed by atoms with Gasteiger partial charge in [-0.15, -0.1) is 0 Å². The second-order valence-electron chi connectivity index (χ2n) is 7.25. The van der Waals surface area contributed by atoms with Gasteiger partial charge in [-0.3, -0.25) is 4.79 Å². The van der Waals surface area contributed by atoms with Crippen LogP contribution in [0.2, 0.25) is 5.02 Å². The lowest BCUT2D eigenvalue weighted by molar-refractivity contribution is -0.153. The summed E-state index contributed by atoms with van der Waals surface area (Å²) in [5.41, 5.74) is 0.914. The second kappa shape index (κ2) is 8.88. The number of nitrogens with zero attached hydrogens (tertiary/aromatic N) is 1. The maximum Gasteiger partial charge on any atom is 0.331 e. The van der Waals surface area contributed by atoms with Crippen molar-refractivity contribution in [3.05, 3.63) is 94.3 Å². The Morgan fingerprint density at radius 2 is 1.91 bits per heavy atom. The van der Waals surface area contributed by atoms with Crippen molar-refractivity contribution in [3.8, 4) is 11.5 Å². The summed E-state index contributed by atoms with van der Waals surface area (Å²) >= 11 is 5.85. The van der Waals surface area contributed by atoms with Crippen molar-refractivity contribution in [3.63, 3.8) is 0 Å². The lowest BCUT2D eigenvalue weighted by Gasteiger charge is -2.29. The maximum atomic E-state index is 14.6. The Balaban J connectivity index is 1.88. The maximum absolute atomic E-state index is 14.6. The fourth-order valence-corrected chi connectivity index (χ4v) is 3.86. The first-order chi connectivity index (χ1) is 15.4. The van der Waals surface area contributed by atoms with Gasteiger partial charge < -0.3 is 19.5 Å². The number of carbonyl (C=O) groups excluding carboxylic acids is 1. The van der Waals surface area contributed by atoms with E-state index in [1.807, 2.05) is 0 Å². The van der Waals surface area contributed by atoms with E-state index in [2.05, 4.69) is 0 Å². The van der Waals surface area contributed by atoms with Crippen molar-refractivity contribution < 1.29 is 28.6 Å². The zero-order chi connectivity index (χ0) is 22.8. The molecule has 0 fully saturated rings. The van der Waals surface area contributed by atoms with Crippen LogP contribution < -0.4 is 9.47 Å². The van der Waals surface area contributed by atoms with Gasteiger partial charge >= 0.3 is 5.97 Å². The van der Waals surface area contributed by atoms with Gasteiger partial charge in [0.05, 0.1) is 7.11 Å². The van der Waals surface area contributed by atoms with Gasteiger partial charge in [0.15, 0.2) is 6.04 Å². The van der Waals surface area contributed by atoms with Crippen molar-refractivity contribution in [2.75, 3.05) is 7.11 Å². The van der Waals surface area contributed by atoms with Crippen LogP contribution in [0.1, 0.15) is 28.8 Å². The number of ether oxygens (including phenoxy) is 2. The van der Waals surface area contributed by atoms with Crippen LogP contribution in [0.4, 0.5) is 4.39 Å². The largest absolute Gasteiger partial charge is 0.497 e. The van der Waals surface area contributed by atoms with E-state index < -0.39 is 29.8 Å². The Morgan fingerprint density at radius 1 is 1.16 bits per heavy atom. The van der Waals surface area contributed by atoms with E-state index in [0.29, 0.717) is 11.3 Å². The molecule has 3 aromatic carbocycles. The number of rotatable bonds is 5. The monoisotopic (exact) mass is 455 g/mol. The van der Waals surface area contributed by atoms with E-state index in [-0.39, 0.29) is 28.4 Å². The van der Waals surface area contributed by atoms with E-state index in [0.717, 1.165) is 11.0 Å². The highest BCUT2D eigenvalue weighted by atomic mass is 35.5. The normalized spacial score (nSPS) is 17.8. The molecule has 6 nitrogen and oxygen atoms in total. The average Bonchev–Trinajstić information content (AvgIpc) is 2.90. The van der Waals surface area contributed by atoms with Crippen LogP contribution in [0.3, 0.4) is 0 Å². The zero-order valence-electron chi connectivity index (χ0n) is 17.0. The quantitative estimate of drug-likeness (QED) is 0.599. The van der Waals surface area contributed by atoms with Gasteiger partial charge in [0.25, 0.3) is 5.91 Å². The SMILES string of the molecule is COc1ccc2c(c1)C(C(=O)O)N(Cc1ccc(Cl)cc1F)C(=O)C(c1ccccc1)O2. The molecule has 32 heavy (non-hydrogen) atoms. The summed E-state index contributed by atoms with van der Waals surface area (Å²) in [6.45, 7) is -0.290. The smallest absolute Gasteiger partial charge is 0.331 e. The van der Waals surface area contributed by atoms with Crippen LogP contribution in [0, 0.1) is 5.82 Å². The third-order valence-corrected chi connectivity index (χ3v) is 5.50. The fraction of sp³-hybridized carbons (Fsp3) is 0.167. The van der Waals surface area contributed by atoms with Crippen LogP contribution >= 0.6 is 11.6 Å². The van der Waals surface area contributed by atoms with E-state index in [1.165, 1.54) is 25.3 Å². The Bertz CT molecular complexity index is 1170. The zero-order valence-corrected chi connectivity index (χ0v) is 17.8. The molecule has 2 unspecified atom stereocenters. The van der Waals surface area contributed by atoms with E-state index in [1.54, 1.807) is 42.5 Å². The minimum absolute atomic E-state index is 0.132. The van der Waals surface area contributed by atoms with Crippen molar-refractivity contribution in [2.45, 2.75) is 18.7 Å². The molecule has 0 aliphatic carbocycles. The number of carboxylic acids is 1. The fourth-order valence-electron chi connectivity index (χ4n) is 3.71. The van der Waals surface area contributed by atoms with Crippen LogP contribution in [0.5, 0.6) is 11.5 Å². The molecule has 0 spiro atoms. The topological polar surface area (TPSA) is 76.1 Å². The second-order valence-corrected chi connectivity index (χ2v) is 7.69. The summed E-state index contributed by atoms with van der Waals surface area (Å²) in [6.07, 6.45) is -1.11. The number of halogens is 2. The van der Waals surface area contributed by atoms with Gasteiger partial charge in [-0.25, -0.2) is 9.18 Å². The number of benzene rings is 3. The van der Waals surface area contributed by atoms with Crippen LogP contribution in [0.25, 0.3) is 0 Å². The summed E-state index contributed by atoms with van der Waals surface area (Å²) < 4.78 is 25.9. The molecule has 0 saturated heterocycles. The Kier molecular flexibility index (Phi) is 6.01. The highest BCUT2D eigenvalue weighted by Crippen LogP contribution is 2.41. The molecule has 0 radical (unpaired) electrons. The molecule has 0 saturated carbocycles. The van der Waals surface area contributed by atoms with Gasteiger partial charge in [0.2, 0.25) is 6.10 Å². The first-order valence-electron chi connectivity index (χ1n) is 9.76. The molecule has 0 aromatic heterocycles. The Morgan fingerprint density at radius 3 is 2.56 bits per heavy atom. The van der Waals surface area contributed by atoms with Crippen LogP contribution in [0.15, 0.2) is 66.7 Å². The number of aliphatic carboxylic acids is 1. The first kappa shape index (κ1) is 21.6. The molecule has 1 amide bonds. The van der Waals surface area contributed by atoms with Crippen molar-refractivity contribution in [2.24, 2.45) is 0 Å². The third kappa shape index (κ3) is 4.11. The van der Waals surface area contributed by atoms with E-state index in [4.69, 9.17) is 21.1 Å². The molecule has 1 aliphatic heterocycles. The summed E-state index contributed by atoms with van der Waals surface area (Å²) in [5, 5.41) is 10.3. The van der Waals surface area contributed by atoms with E-state index in [9.17, 15) is 19.1 Å². The summed E-state index contributed by atoms with van der Waals surface area (Å²) in [4.78, 5) is 27.1. The van der Waals surface area contributed by atoms with Crippen molar-refractivity contribution in [1.29, 1.82) is 0 Å². The number of hydrogen-bond acceptors (Lipinski definition) is 4. The number of hydrogen-bond donors (Lipinski definition) is 1. The molecular weight excluding hydrogens is 437 g/mol. The predicted molar refractivity (Wildman–Crippen MR) is 115 cm³/mol. The molecule has 3 aromatic rings. The van der Waals surface area contributed by atoms with Gasteiger partial charge in [-0.2, -0.15) is 0 Å². The number of methoxy groups -OCH3 is 1. The minimum Gasteiger partial charge on any atom is -0.497 e. The lowest BCUT2D eigenvalue weighted by atomic mass is 10.0. The highest BCUT2D eigenvalue weighted by molar-refractivity contribution is 6.30. The molecule has 0 bridgehead atoms. The molecule has 4 rings (SSSR count). The lowest BCUT2D eigenvalue weighted by Crippen LogP contribution is -2.40. The summed E-state index contributed by atoms with van der Waals surface area (Å²) in [7, 11) is 1.45.